The number of rotatable bonds is 14. The molecule has 0 aromatic carbocycles. The second-order valence-electron chi connectivity index (χ2n) is 4.78. The van der Waals surface area contributed by atoms with Crippen LogP contribution in [0.1, 0.15) is 71.1 Å². The van der Waals surface area contributed by atoms with E-state index in [2.05, 4.69) is 23.4 Å². The summed E-state index contributed by atoms with van der Waals surface area (Å²) in [7, 11) is -4.67. The zero-order valence-corrected chi connectivity index (χ0v) is 14.2. The number of hydrogen-bond acceptors (Lipinski definition) is 5. The van der Waals surface area contributed by atoms with Gasteiger partial charge in [-0.25, -0.2) is 0 Å². The van der Waals surface area contributed by atoms with Crippen molar-refractivity contribution in [3.8, 4) is 0 Å². The van der Waals surface area contributed by atoms with Gasteiger partial charge in [-0.3, -0.25) is 9.11 Å². The molecule has 2 N–H and O–H groups in total. The van der Waals surface area contributed by atoms with Gasteiger partial charge in [0.15, 0.2) is 0 Å². The lowest BCUT2D eigenvalue weighted by molar-refractivity contribution is -0.489. The van der Waals surface area contributed by atoms with E-state index in [1.54, 1.807) is 0 Å². The molecule has 0 amide bonds. The smallest absolute Gasteiger partial charge is 0.317 e. The maximum Gasteiger partial charge on any atom is 0.394 e. The van der Waals surface area contributed by atoms with Crippen LogP contribution in [0.15, 0.2) is 12.8 Å². The van der Waals surface area contributed by atoms with Crippen molar-refractivity contribution in [2.24, 2.45) is 0 Å². The van der Waals surface area contributed by atoms with Crippen LogP contribution in [0.4, 0.5) is 0 Å². The van der Waals surface area contributed by atoms with Crippen molar-refractivity contribution < 1.29 is 32.3 Å². The predicted octanol–water partition coefficient (Wildman–Crippen LogP) is 4.28. The molecule has 134 valence electrons. The molecule has 0 aliphatic carbocycles. The van der Waals surface area contributed by atoms with Gasteiger partial charge in [-0.1, -0.05) is 71.3 Å². The highest BCUT2D eigenvalue weighted by atomic mass is 32.3. The molecular weight excluding hydrogens is 312 g/mol. The summed E-state index contributed by atoms with van der Waals surface area (Å²) < 4.78 is 31.6. The minimum Gasteiger partial charge on any atom is -0.317 e. The second kappa shape index (κ2) is 18.4. The van der Waals surface area contributed by atoms with Crippen LogP contribution in [-0.2, 0) is 25.2 Å². The summed E-state index contributed by atoms with van der Waals surface area (Å²) in [5, 5.41) is 4.35. The SMILES string of the molecule is C=COOOCCCCCCCCCCCC.O=S(=O)(O)O. The van der Waals surface area contributed by atoms with E-state index in [0.717, 1.165) is 6.42 Å². The molecular formula is C14H30O7S. The molecule has 0 radical (unpaired) electrons. The molecule has 0 bridgehead atoms. The molecule has 0 atom stereocenters. The lowest BCUT2D eigenvalue weighted by Gasteiger charge is -2.02. The van der Waals surface area contributed by atoms with Crippen LogP contribution in [0.3, 0.4) is 0 Å². The van der Waals surface area contributed by atoms with Crippen LogP contribution in [-0.4, -0.2) is 24.1 Å². The van der Waals surface area contributed by atoms with Gasteiger partial charge in [0.05, 0.1) is 6.61 Å². The zero-order chi connectivity index (χ0) is 17.1. The Morgan fingerprint density at radius 2 is 1.32 bits per heavy atom. The Bertz CT molecular complexity index is 309. The molecule has 0 aliphatic rings. The van der Waals surface area contributed by atoms with E-state index in [1.165, 1.54) is 64.0 Å². The lowest BCUT2D eigenvalue weighted by atomic mass is 10.1. The van der Waals surface area contributed by atoms with Gasteiger partial charge in [0.2, 0.25) is 0 Å². The molecule has 0 fully saturated rings. The van der Waals surface area contributed by atoms with Crippen molar-refractivity contribution in [2.75, 3.05) is 6.61 Å². The lowest BCUT2D eigenvalue weighted by Crippen LogP contribution is -1.95. The fraction of sp³-hybridized carbons (Fsp3) is 0.857. The molecule has 0 heterocycles. The number of hydrogen-bond donors (Lipinski definition) is 2. The molecule has 0 aromatic heterocycles. The second-order valence-corrected chi connectivity index (χ2v) is 5.68. The van der Waals surface area contributed by atoms with Crippen LogP contribution in [0, 0.1) is 0 Å². The van der Waals surface area contributed by atoms with E-state index >= 15 is 0 Å². The Hall–Kier alpha value is -0.670. The highest BCUT2D eigenvalue weighted by Gasteiger charge is 1.93. The number of unbranched alkanes of at least 4 members (excludes halogenated alkanes) is 9. The third-order valence-corrected chi connectivity index (χ3v) is 2.74. The summed E-state index contributed by atoms with van der Waals surface area (Å²) in [5.74, 6) is 0. The Kier molecular flexibility index (Phi) is 19.7. The minimum atomic E-state index is -4.67. The molecule has 0 spiro atoms. The molecule has 0 rings (SSSR count). The first-order valence-electron chi connectivity index (χ1n) is 7.67. The molecule has 22 heavy (non-hydrogen) atoms. The van der Waals surface area contributed by atoms with E-state index in [-0.39, 0.29) is 0 Å². The first-order valence-corrected chi connectivity index (χ1v) is 9.07. The standard InChI is InChI=1S/C14H28O3.H2O4S/c1-3-5-6-7-8-9-10-11-12-13-14-16-17-15-4-2;1-5(2,3)4/h4H,2-3,5-14H2,1H3;(H2,1,2,3,4). The monoisotopic (exact) mass is 342 g/mol. The van der Waals surface area contributed by atoms with Crippen LogP contribution in [0.2, 0.25) is 0 Å². The summed E-state index contributed by atoms with van der Waals surface area (Å²) in [6.07, 6.45) is 14.4. The fourth-order valence-corrected chi connectivity index (χ4v) is 1.74. The first-order chi connectivity index (χ1) is 10.4. The van der Waals surface area contributed by atoms with Crippen LogP contribution in [0.5, 0.6) is 0 Å². The van der Waals surface area contributed by atoms with Gasteiger partial charge in [0.25, 0.3) is 0 Å². The van der Waals surface area contributed by atoms with Crippen LogP contribution in [0.25, 0.3) is 0 Å². The van der Waals surface area contributed by atoms with Crippen molar-refractivity contribution in [3.63, 3.8) is 0 Å². The molecule has 0 unspecified atom stereocenters. The summed E-state index contributed by atoms with van der Waals surface area (Å²) >= 11 is 0. The average molecular weight is 342 g/mol. The highest BCUT2D eigenvalue weighted by Crippen LogP contribution is 2.10. The van der Waals surface area contributed by atoms with Crippen molar-refractivity contribution >= 4 is 10.4 Å². The van der Waals surface area contributed by atoms with E-state index < -0.39 is 10.4 Å². The third-order valence-electron chi connectivity index (χ3n) is 2.74. The maximum atomic E-state index is 8.74. The maximum absolute atomic E-state index is 8.74. The Morgan fingerprint density at radius 3 is 1.73 bits per heavy atom. The molecule has 0 saturated carbocycles. The summed E-state index contributed by atoms with van der Waals surface area (Å²) in [6, 6.07) is 0. The zero-order valence-electron chi connectivity index (χ0n) is 13.4. The van der Waals surface area contributed by atoms with Crippen molar-refractivity contribution in [2.45, 2.75) is 71.1 Å². The van der Waals surface area contributed by atoms with E-state index in [4.69, 9.17) is 22.4 Å². The quantitative estimate of drug-likeness (QED) is 0.160. The highest BCUT2D eigenvalue weighted by molar-refractivity contribution is 7.79. The topological polar surface area (TPSA) is 102 Å². The Labute approximate surface area is 134 Å². The minimum absolute atomic E-state index is 0.588. The average Bonchev–Trinajstić information content (AvgIpc) is 2.42. The molecule has 0 saturated heterocycles. The molecule has 7 nitrogen and oxygen atoms in total. The van der Waals surface area contributed by atoms with Crippen molar-refractivity contribution in [3.05, 3.63) is 12.8 Å². The van der Waals surface area contributed by atoms with E-state index in [1.807, 2.05) is 0 Å². The van der Waals surface area contributed by atoms with E-state index in [0.29, 0.717) is 6.61 Å². The van der Waals surface area contributed by atoms with Crippen LogP contribution < -0.4 is 0 Å². The van der Waals surface area contributed by atoms with Gasteiger partial charge in [-0.15, -0.1) is 0 Å². The van der Waals surface area contributed by atoms with Gasteiger partial charge in [0, 0.05) is 0 Å². The van der Waals surface area contributed by atoms with Gasteiger partial charge >= 0.3 is 10.4 Å². The summed E-state index contributed by atoms with van der Waals surface area (Å²) in [5.41, 5.74) is 0. The summed E-state index contributed by atoms with van der Waals surface area (Å²) in [6.45, 7) is 6.17. The predicted molar refractivity (Wildman–Crippen MR) is 84.3 cm³/mol. The summed E-state index contributed by atoms with van der Waals surface area (Å²) in [4.78, 5) is 9.12. The van der Waals surface area contributed by atoms with Gasteiger partial charge in [-0.2, -0.15) is 13.3 Å². The normalized spacial score (nSPS) is 10.7. The largest absolute Gasteiger partial charge is 0.394 e. The van der Waals surface area contributed by atoms with Gasteiger partial charge < -0.3 is 4.89 Å². The van der Waals surface area contributed by atoms with Crippen LogP contribution >= 0.6 is 0 Å². The van der Waals surface area contributed by atoms with Gasteiger partial charge in [-0.05, 0) is 11.5 Å². The van der Waals surface area contributed by atoms with E-state index in [9.17, 15) is 0 Å². The van der Waals surface area contributed by atoms with Crippen molar-refractivity contribution in [1.29, 1.82) is 0 Å². The fourth-order valence-electron chi connectivity index (χ4n) is 1.74. The first kappa shape index (κ1) is 23.6. The molecule has 0 aliphatic heterocycles. The van der Waals surface area contributed by atoms with Gasteiger partial charge in [0.1, 0.15) is 6.26 Å². The Balaban J connectivity index is 0. The molecule has 0 aromatic rings. The Morgan fingerprint density at radius 1 is 0.909 bits per heavy atom. The molecule has 8 heteroatoms. The van der Waals surface area contributed by atoms with Crippen molar-refractivity contribution in [1.82, 2.24) is 0 Å². The third kappa shape index (κ3) is 36.6.